The fraction of sp³-hybridized carbons (Fsp3) is 0.818. The second-order valence-corrected chi connectivity index (χ2v) is 5.56. The predicted octanol–water partition coefficient (Wildman–Crippen LogP) is 1.87. The van der Waals surface area contributed by atoms with Gasteiger partial charge < -0.3 is 9.47 Å². The minimum atomic E-state index is -0.453. The molecule has 16 heavy (non-hydrogen) atoms. The first kappa shape index (κ1) is 15.3. The molecule has 0 radical (unpaired) electrons. The Morgan fingerprint density at radius 2 is 1.88 bits per heavy atom. The van der Waals surface area contributed by atoms with Crippen LogP contribution >= 0.6 is 11.8 Å². The Labute approximate surface area is 101 Å². The van der Waals surface area contributed by atoms with Crippen LogP contribution in [0.2, 0.25) is 0 Å². The van der Waals surface area contributed by atoms with Crippen LogP contribution in [0.25, 0.3) is 0 Å². The van der Waals surface area contributed by atoms with Crippen molar-refractivity contribution in [3.05, 3.63) is 0 Å². The number of hydrogen-bond donors (Lipinski definition) is 0. The molecule has 0 fully saturated rings. The van der Waals surface area contributed by atoms with E-state index in [1.807, 2.05) is 20.8 Å². The molecule has 0 aromatic rings. The number of ether oxygens (including phenoxy) is 2. The summed E-state index contributed by atoms with van der Waals surface area (Å²) >= 11 is 1.38. The summed E-state index contributed by atoms with van der Waals surface area (Å²) in [7, 11) is 1.36. The molecule has 0 heterocycles. The number of rotatable bonds is 5. The summed E-state index contributed by atoms with van der Waals surface area (Å²) in [5.74, 6) is 0.119. The third kappa shape index (κ3) is 7.56. The Kier molecular flexibility index (Phi) is 6.48. The van der Waals surface area contributed by atoms with Crippen LogP contribution in [0, 0.1) is 5.92 Å². The van der Waals surface area contributed by atoms with Crippen LogP contribution in [0.5, 0.6) is 0 Å². The van der Waals surface area contributed by atoms with Crippen LogP contribution in [-0.4, -0.2) is 36.2 Å². The molecule has 0 amide bonds. The van der Waals surface area contributed by atoms with Crippen molar-refractivity contribution >= 4 is 23.7 Å². The summed E-state index contributed by atoms with van der Waals surface area (Å²) < 4.78 is 9.71. The van der Waals surface area contributed by atoms with Crippen molar-refractivity contribution < 1.29 is 19.1 Å². The third-order valence-corrected chi connectivity index (χ3v) is 2.79. The summed E-state index contributed by atoms with van der Waals surface area (Å²) in [5, 5.41) is 0. The van der Waals surface area contributed by atoms with E-state index in [1.54, 1.807) is 6.92 Å². The average molecular weight is 248 g/mol. The highest BCUT2D eigenvalue weighted by Gasteiger charge is 2.18. The molecule has 0 saturated heterocycles. The van der Waals surface area contributed by atoms with E-state index in [9.17, 15) is 9.59 Å². The number of methoxy groups -OCH3 is 1. The molecule has 0 aliphatic heterocycles. The summed E-state index contributed by atoms with van der Waals surface area (Å²) in [4.78, 5) is 22.4. The van der Waals surface area contributed by atoms with Gasteiger partial charge in [-0.15, -0.1) is 11.8 Å². The minimum absolute atomic E-state index is 0.197. The fourth-order valence-electron chi connectivity index (χ4n) is 0.959. The number of carbonyl (C=O) groups is 2. The molecule has 0 aromatic carbocycles. The van der Waals surface area contributed by atoms with Crippen LogP contribution in [0.15, 0.2) is 0 Å². The second-order valence-electron chi connectivity index (χ2n) is 4.53. The van der Waals surface area contributed by atoms with E-state index in [1.165, 1.54) is 18.9 Å². The van der Waals surface area contributed by atoms with Gasteiger partial charge in [0.1, 0.15) is 5.60 Å². The van der Waals surface area contributed by atoms with Crippen molar-refractivity contribution in [2.45, 2.75) is 33.3 Å². The van der Waals surface area contributed by atoms with Gasteiger partial charge in [-0.05, 0) is 20.8 Å². The van der Waals surface area contributed by atoms with Crippen LogP contribution in [-0.2, 0) is 19.1 Å². The summed E-state index contributed by atoms with van der Waals surface area (Å²) in [6, 6.07) is 0. The van der Waals surface area contributed by atoms with E-state index in [0.29, 0.717) is 5.75 Å². The fourth-order valence-corrected chi connectivity index (χ4v) is 1.79. The maximum absolute atomic E-state index is 11.3. The van der Waals surface area contributed by atoms with Gasteiger partial charge in [-0.1, -0.05) is 6.92 Å². The molecule has 0 N–H and O–H groups in total. The lowest BCUT2D eigenvalue weighted by molar-refractivity contribution is -0.151. The van der Waals surface area contributed by atoms with Gasteiger partial charge in [0.05, 0.1) is 18.8 Å². The maximum atomic E-state index is 11.3. The van der Waals surface area contributed by atoms with Gasteiger partial charge in [0, 0.05) is 5.75 Å². The molecule has 0 saturated carbocycles. The second kappa shape index (κ2) is 6.78. The van der Waals surface area contributed by atoms with Gasteiger partial charge >= 0.3 is 11.9 Å². The highest BCUT2D eigenvalue weighted by atomic mass is 32.2. The SMILES string of the molecule is COC(=O)C(C)CSCC(=O)OC(C)(C)C. The zero-order chi connectivity index (χ0) is 12.8. The van der Waals surface area contributed by atoms with Crippen molar-refractivity contribution in [3.8, 4) is 0 Å². The number of thioether (sulfide) groups is 1. The largest absolute Gasteiger partial charge is 0.469 e. The van der Waals surface area contributed by atoms with E-state index in [-0.39, 0.29) is 23.6 Å². The lowest BCUT2D eigenvalue weighted by Gasteiger charge is -2.19. The lowest BCUT2D eigenvalue weighted by atomic mass is 10.2. The highest BCUT2D eigenvalue weighted by molar-refractivity contribution is 7.99. The van der Waals surface area contributed by atoms with Crippen LogP contribution in [0.1, 0.15) is 27.7 Å². The Balaban J connectivity index is 3.74. The molecule has 0 aliphatic rings. The maximum Gasteiger partial charge on any atom is 0.316 e. The van der Waals surface area contributed by atoms with Crippen molar-refractivity contribution in [2.24, 2.45) is 5.92 Å². The Morgan fingerprint density at radius 3 is 2.31 bits per heavy atom. The molecule has 94 valence electrons. The standard InChI is InChI=1S/C11H20O4S/c1-8(10(13)14-5)6-16-7-9(12)15-11(2,3)4/h8H,6-7H2,1-5H3. The normalized spacial score (nSPS) is 13.1. The molecule has 5 heteroatoms. The molecule has 0 aromatic heterocycles. The molecular weight excluding hydrogens is 228 g/mol. The van der Waals surface area contributed by atoms with Crippen LogP contribution in [0.3, 0.4) is 0 Å². The van der Waals surface area contributed by atoms with E-state index >= 15 is 0 Å². The smallest absolute Gasteiger partial charge is 0.316 e. The molecule has 0 bridgehead atoms. The summed E-state index contributed by atoms with van der Waals surface area (Å²) in [6.45, 7) is 7.25. The molecule has 1 unspecified atom stereocenters. The van der Waals surface area contributed by atoms with Crippen LogP contribution < -0.4 is 0 Å². The third-order valence-electron chi connectivity index (χ3n) is 1.61. The van der Waals surface area contributed by atoms with Gasteiger partial charge in [-0.3, -0.25) is 9.59 Å². The van der Waals surface area contributed by atoms with Gasteiger partial charge in [0.25, 0.3) is 0 Å². The van der Waals surface area contributed by atoms with E-state index in [0.717, 1.165) is 0 Å². The zero-order valence-corrected chi connectivity index (χ0v) is 11.3. The average Bonchev–Trinajstić information content (AvgIpc) is 2.13. The topological polar surface area (TPSA) is 52.6 Å². The lowest BCUT2D eigenvalue weighted by Crippen LogP contribution is -2.25. The number of hydrogen-bond acceptors (Lipinski definition) is 5. The van der Waals surface area contributed by atoms with E-state index in [2.05, 4.69) is 4.74 Å². The van der Waals surface area contributed by atoms with E-state index < -0.39 is 5.60 Å². The first-order valence-corrected chi connectivity index (χ1v) is 6.29. The number of esters is 2. The molecule has 1 atom stereocenters. The number of carbonyl (C=O) groups excluding carboxylic acids is 2. The van der Waals surface area contributed by atoms with Crippen molar-refractivity contribution in [3.63, 3.8) is 0 Å². The first-order chi connectivity index (χ1) is 7.26. The minimum Gasteiger partial charge on any atom is -0.469 e. The van der Waals surface area contributed by atoms with Gasteiger partial charge in [0.2, 0.25) is 0 Å². The Morgan fingerprint density at radius 1 is 1.31 bits per heavy atom. The molecule has 0 spiro atoms. The van der Waals surface area contributed by atoms with Crippen LogP contribution in [0.4, 0.5) is 0 Å². The monoisotopic (exact) mass is 248 g/mol. The van der Waals surface area contributed by atoms with Gasteiger partial charge in [-0.25, -0.2) is 0 Å². The van der Waals surface area contributed by atoms with Gasteiger partial charge in [0.15, 0.2) is 0 Å². The van der Waals surface area contributed by atoms with Crippen molar-refractivity contribution in [1.29, 1.82) is 0 Å². The quantitative estimate of drug-likeness (QED) is 0.695. The summed E-state index contributed by atoms with van der Waals surface area (Å²) in [6.07, 6.45) is 0. The molecule has 0 aliphatic carbocycles. The predicted molar refractivity (Wildman–Crippen MR) is 64.4 cm³/mol. The zero-order valence-electron chi connectivity index (χ0n) is 10.5. The first-order valence-electron chi connectivity index (χ1n) is 5.13. The summed E-state index contributed by atoms with van der Waals surface area (Å²) in [5.41, 5.74) is -0.453. The highest BCUT2D eigenvalue weighted by Crippen LogP contribution is 2.13. The van der Waals surface area contributed by atoms with Gasteiger partial charge in [-0.2, -0.15) is 0 Å². The molecule has 4 nitrogen and oxygen atoms in total. The van der Waals surface area contributed by atoms with E-state index in [4.69, 9.17) is 4.74 Å². The Hall–Kier alpha value is -0.710. The van der Waals surface area contributed by atoms with Crippen molar-refractivity contribution in [1.82, 2.24) is 0 Å². The molecular formula is C11H20O4S. The molecule has 0 rings (SSSR count). The Bertz CT molecular complexity index is 245. The van der Waals surface area contributed by atoms with Crippen molar-refractivity contribution in [2.75, 3.05) is 18.6 Å².